The minimum atomic E-state index is -4.53. The number of unbranched alkanes of at least 4 members (excludes halogenated alkanes) is 2. The first-order chi connectivity index (χ1) is 8.32. The molecule has 1 unspecified atom stereocenters. The van der Waals surface area contributed by atoms with Gasteiger partial charge in [-0.1, -0.05) is 5.16 Å². The van der Waals surface area contributed by atoms with E-state index in [9.17, 15) is 13.2 Å². The van der Waals surface area contributed by atoms with Gasteiger partial charge in [0, 0.05) is 13.2 Å². The van der Waals surface area contributed by atoms with Crippen molar-refractivity contribution in [2.24, 2.45) is 16.8 Å². The summed E-state index contributed by atoms with van der Waals surface area (Å²) in [6, 6.07) is 0. The van der Waals surface area contributed by atoms with Crippen molar-refractivity contribution in [3.63, 3.8) is 0 Å². The molecule has 18 heavy (non-hydrogen) atoms. The van der Waals surface area contributed by atoms with Crippen LogP contribution in [-0.2, 0) is 0 Å². The molecule has 0 aromatic carbocycles. The van der Waals surface area contributed by atoms with Gasteiger partial charge in [-0.2, -0.15) is 13.2 Å². The summed E-state index contributed by atoms with van der Waals surface area (Å²) >= 11 is 0. The van der Waals surface area contributed by atoms with Gasteiger partial charge < -0.3 is 20.9 Å². The minimum absolute atomic E-state index is 0.0823. The second-order valence-electron chi connectivity index (χ2n) is 4.17. The van der Waals surface area contributed by atoms with Gasteiger partial charge in [0.1, 0.15) is 5.92 Å². The number of hydrogen-bond acceptors (Lipinski definition) is 4. The highest BCUT2D eigenvalue weighted by Crippen LogP contribution is 2.27. The Hall–Kier alpha value is -1.02. The molecule has 0 heterocycles. The Morgan fingerprint density at radius 2 is 1.94 bits per heavy atom. The zero-order chi connectivity index (χ0) is 14.2. The van der Waals surface area contributed by atoms with Crippen molar-refractivity contribution in [3.05, 3.63) is 0 Å². The van der Waals surface area contributed by atoms with E-state index in [-0.39, 0.29) is 13.2 Å². The van der Waals surface area contributed by atoms with E-state index in [0.29, 0.717) is 19.4 Å². The lowest BCUT2D eigenvalue weighted by molar-refractivity contribution is -0.159. The average molecular weight is 271 g/mol. The maximum atomic E-state index is 12.6. The number of nitrogens with zero attached hydrogens (tertiary/aromatic N) is 2. The molecule has 0 aliphatic carbocycles. The van der Waals surface area contributed by atoms with Crippen LogP contribution in [0.2, 0.25) is 0 Å². The van der Waals surface area contributed by atoms with Crippen LogP contribution in [0.4, 0.5) is 13.2 Å². The third-order valence-corrected chi connectivity index (χ3v) is 2.56. The van der Waals surface area contributed by atoms with Gasteiger partial charge in [0.2, 0.25) is 0 Å². The van der Waals surface area contributed by atoms with E-state index in [1.165, 1.54) is 4.90 Å². The summed E-state index contributed by atoms with van der Waals surface area (Å²) in [4.78, 5) is 1.48. The van der Waals surface area contributed by atoms with Gasteiger partial charge in [-0.15, -0.1) is 0 Å². The average Bonchev–Trinajstić information content (AvgIpc) is 2.29. The molecule has 0 aliphatic rings. The van der Waals surface area contributed by atoms with Crippen LogP contribution in [0.5, 0.6) is 0 Å². The van der Waals surface area contributed by atoms with E-state index in [1.807, 2.05) is 0 Å². The van der Waals surface area contributed by atoms with Crippen molar-refractivity contribution in [1.82, 2.24) is 4.90 Å². The molecule has 0 aromatic rings. The lowest BCUT2D eigenvalue weighted by Gasteiger charge is -2.24. The van der Waals surface area contributed by atoms with Gasteiger partial charge in [0.25, 0.3) is 0 Å². The Kier molecular flexibility index (Phi) is 7.69. The van der Waals surface area contributed by atoms with Gasteiger partial charge >= 0.3 is 6.18 Å². The van der Waals surface area contributed by atoms with Crippen molar-refractivity contribution in [2.45, 2.75) is 25.4 Å². The summed E-state index contributed by atoms with van der Waals surface area (Å²) in [7, 11) is 1.54. The first-order valence-corrected chi connectivity index (χ1v) is 5.66. The van der Waals surface area contributed by atoms with Crippen LogP contribution in [0, 0.1) is 5.92 Å². The molecule has 5 nitrogen and oxygen atoms in total. The zero-order valence-electron chi connectivity index (χ0n) is 10.3. The summed E-state index contributed by atoms with van der Waals surface area (Å²) in [6.45, 7) is 0.197. The number of alkyl halides is 3. The summed E-state index contributed by atoms with van der Waals surface area (Å²) < 4.78 is 37.9. The first-order valence-electron chi connectivity index (χ1n) is 5.66. The van der Waals surface area contributed by atoms with E-state index >= 15 is 0 Å². The van der Waals surface area contributed by atoms with Gasteiger partial charge in [-0.3, -0.25) is 0 Å². The second kappa shape index (κ2) is 8.15. The van der Waals surface area contributed by atoms with Crippen molar-refractivity contribution < 1.29 is 23.5 Å². The standard InChI is InChI=1S/C10H20F3N3O2/c1-16(5-3-2-4-6-17)7-8(9(14)15-18)10(11,12)13/h8,17-18H,2-7H2,1H3,(H2,14,15). The molecule has 0 amide bonds. The number of rotatable bonds is 8. The van der Waals surface area contributed by atoms with E-state index < -0.39 is 17.9 Å². The van der Waals surface area contributed by atoms with E-state index in [2.05, 4.69) is 5.16 Å². The number of aliphatic hydroxyl groups excluding tert-OH is 1. The molecule has 108 valence electrons. The van der Waals surface area contributed by atoms with Crippen LogP contribution in [-0.4, -0.2) is 54.0 Å². The van der Waals surface area contributed by atoms with Gasteiger partial charge in [0.15, 0.2) is 5.84 Å². The molecule has 0 rings (SSSR count). The molecular weight excluding hydrogens is 251 g/mol. The molecule has 0 fully saturated rings. The Bertz CT molecular complexity index is 259. The van der Waals surface area contributed by atoms with Crippen LogP contribution in [0.25, 0.3) is 0 Å². The number of amidine groups is 1. The zero-order valence-corrected chi connectivity index (χ0v) is 10.3. The Morgan fingerprint density at radius 1 is 1.33 bits per heavy atom. The first kappa shape index (κ1) is 17.0. The number of nitrogens with two attached hydrogens (primary N) is 1. The molecule has 0 spiro atoms. The van der Waals surface area contributed by atoms with E-state index in [0.717, 1.165) is 6.42 Å². The molecule has 4 N–H and O–H groups in total. The van der Waals surface area contributed by atoms with Crippen molar-refractivity contribution in [3.8, 4) is 0 Å². The molecule has 0 radical (unpaired) electrons. The second-order valence-corrected chi connectivity index (χ2v) is 4.17. The summed E-state index contributed by atoms with van der Waals surface area (Å²) in [5.74, 6) is -2.80. The SMILES string of the molecule is CN(CCCCCO)CC(C(N)=NO)C(F)(F)F. The quantitative estimate of drug-likeness (QED) is 0.202. The largest absolute Gasteiger partial charge is 0.409 e. The monoisotopic (exact) mass is 271 g/mol. The third kappa shape index (κ3) is 6.65. The molecule has 0 aliphatic heterocycles. The number of hydrogen-bond donors (Lipinski definition) is 3. The van der Waals surface area contributed by atoms with Gasteiger partial charge in [-0.25, -0.2) is 0 Å². The van der Waals surface area contributed by atoms with Crippen LogP contribution in [0.1, 0.15) is 19.3 Å². The fraction of sp³-hybridized carbons (Fsp3) is 0.900. The summed E-state index contributed by atoms with van der Waals surface area (Å²) in [6.07, 6.45) is -2.45. The topological polar surface area (TPSA) is 82.1 Å². The fourth-order valence-electron chi connectivity index (χ4n) is 1.51. The molecule has 0 saturated heterocycles. The Morgan fingerprint density at radius 3 is 2.39 bits per heavy atom. The maximum absolute atomic E-state index is 12.6. The number of oxime groups is 1. The van der Waals surface area contributed by atoms with Crippen LogP contribution in [0.15, 0.2) is 5.16 Å². The predicted molar refractivity (Wildman–Crippen MR) is 61.4 cm³/mol. The lowest BCUT2D eigenvalue weighted by Crippen LogP contribution is -2.43. The molecule has 8 heteroatoms. The molecule has 0 bridgehead atoms. The summed E-state index contributed by atoms with van der Waals surface area (Å²) in [5, 5.41) is 19.3. The normalized spacial score (nSPS) is 15.1. The predicted octanol–water partition coefficient (Wildman–Crippen LogP) is 1.01. The Labute approximate surface area is 104 Å². The van der Waals surface area contributed by atoms with Crippen molar-refractivity contribution in [1.29, 1.82) is 0 Å². The Balaban J connectivity index is 4.25. The highest BCUT2D eigenvalue weighted by atomic mass is 19.4. The van der Waals surface area contributed by atoms with Crippen molar-refractivity contribution in [2.75, 3.05) is 26.7 Å². The highest BCUT2D eigenvalue weighted by molar-refractivity contribution is 5.83. The molecule has 0 aromatic heterocycles. The van der Waals surface area contributed by atoms with E-state index in [1.54, 1.807) is 7.05 Å². The lowest BCUT2D eigenvalue weighted by atomic mass is 10.1. The van der Waals surface area contributed by atoms with Crippen LogP contribution in [0.3, 0.4) is 0 Å². The maximum Gasteiger partial charge on any atom is 0.400 e. The smallest absolute Gasteiger partial charge is 0.400 e. The highest BCUT2D eigenvalue weighted by Gasteiger charge is 2.43. The van der Waals surface area contributed by atoms with Gasteiger partial charge in [0.05, 0.1) is 0 Å². The van der Waals surface area contributed by atoms with E-state index in [4.69, 9.17) is 16.0 Å². The molecule has 0 saturated carbocycles. The molecular formula is C10H20F3N3O2. The number of halogens is 3. The third-order valence-electron chi connectivity index (χ3n) is 2.56. The van der Waals surface area contributed by atoms with Crippen LogP contribution < -0.4 is 5.73 Å². The minimum Gasteiger partial charge on any atom is -0.409 e. The van der Waals surface area contributed by atoms with Crippen LogP contribution >= 0.6 is 0 Å². The van der Waals surface area contributed by atoms with Gasteiger partial charge in [-0.05, 0) is 32.9 Å². The summed E-state index contributed by atoms with van der Waals surface area (Å²) in [5.41, 5.74) is 5.05. The van der Waals surface area contributed by atoms with Crippen molar-refractivity contribution >= 4 is 5.84 Å². The fourth-order valence-corrected chi connectivity index (χ4v) is 1.51. The number of aliphatic hydroxyl groups is 1. The molecule has 1 atom stereocenters.